The minimum Gasteiger partial charge on any atom is -0.497 e. The molecule has 34 heavy (non-hydrogen) atoms. The predicted octanol–water partition coefficient (Wildman–Crippen LogP) is 4.15. The number of amides is 1. The van der Waals surface area contributed by atoms with Crippen LogP contribution >= 0.6 is 0 Å². The Balaban J connectivity index is 1.05. The minimum atomic E-state index is 0.260. The van der Waals surface area contributed by atoms with E-state index in [1.54, 1.807) is 7.11 Å². The van der Waals surface area contributed by atoms with Gasteiger partial charge in [-0.25, -0.2) is 0 Å². The van der Waals surface area contributed by atoms with Crippen LogP contribution in [-0.2, 0) is 11.3 Å². The van der Waals surface area contributed by atoms with E-state index < -0.39 is 0 Å². The van der Waals surface area contributed by atoms with Crippen molar-refractivity contribution in [3.05, 3.63) is 71.8 Å². The SMILES string of the molecule is COc1cccc(CN2CCC3(CC2)C[C@@H]3C(=O)N2CCN(C/C=C/c3ccccc3)CC2)c1. The molecule has 0 aromatic heterocycles. The van der Waals surface area contributed by atoms with Gasteiger partial charge < -0.3 is 9.64 Å². The molecule has 2 heterocycles. The highest BCUT2D eigenvalue weighted by atomic mass is 16.5. The van der Waals surface area contributed by atoms with Gasteiger partial charge in [0, 0.05) is 45.2 Å². The Kier molecular flexibility index (Phi) is 7.02. The summed E-state index contributed by atoms with van der Waals surface area (Å²) >= 11 is 0. The van der Waals surface area contributed by atoms with Crippen LogP contribution in [-0.4, -0.2) is 73.5 Å². The van der Waals surface area contributed by atoms with Crippen molar-refractivity contribution in [1.29, 1.82) is 0 Å². The van der Waals surface area contributed by atoms with E-state index in [-0.39, 0.29) is 11.3 Å². The Labute approximate surface area is 204 Å². The second-order valence-electron chi connectivity index (χ2n) is 10.2. The number of piperidine rings is 1. The molecular weight excluding hydrogens is 422 g/mol. The molecule has 0 bridgehead atoms. The molecule has 1 atom stereocenters. The first kappa shape index (κ1) is 23.1. The standard InChI is InChI=1S/C29H37N3O2/c1-34-26-11-5-9-25(21-26)23-31-15-12-29(13-16-31)22-27(29)28(33)32-19-17-30(18-20-32)14-6-10-24-7-3-2-4-8-24/h2-11,21,27H,12-20,22-23H2,1H3/b10-6+/t27-/m1/s1. The van der Waals surface area contributed by atoms with Crippen molar-refractivity contribution in [1.82, 2.24) is 14.7 Å². The second-order valence-corrected chi connectivity index (χ2v) is 10.2. The monoisotopic (exact) mass is 459 g/mol. The molecular formula is C29H37N3O2. The average molecular weight is 460 g/mol. The number of rotatable bonds is 7. The lowest BCUT2D eigenvalue weighted by molar-refractivity contribution is -0.135. The van der Waals surface area contributed by atoms with Gasteiger partial charge in [-0.3, -0.25) is 14.6 Å². The molecule has 1 saturated carbocycles. The van der Waals surface area contributed by atoms with Gasteiger partial charge in [-0.15, -0.1) is 0 Å². The summed E-state index contributed by atoms with van der Waals surface area (Å²) in [5, 5.41) is 0. The highest BCUT2D eigenvalue weighted by molar-refractivity contribution is 5.83. The van der Waals surface area contributed by atoms with E-state index in [1.807, 2.05) is 12.1 Å². The molecule has 5 heteroatoms. The molecule has 1 amide bonds. The summed E-state index contributed by atoms with van der Waals surface area (Å²) in [5.41, 5.74) is 2.82. The molecule has 180 valence electrons. The largest absolute Gasteiger partial charge is 0.497 e. The Morgan fingerprint density at radius 1 is 0.971 bits per heavy atom. The van der Waals surface area contributed by atoms with Gasteiger partial charge >= 0.3 is 0 Å². The van der Waals surface area contributed by atoms with Crippen LogP contribution in [0, 0.1) is 11.3 Å². The van der Waals surface area contributed by atoms with E-state index in [9.17, 15) is 4.79 Å². The van der Waals surface area contributed by atoms with Crippen molar-refractivity contribution in [3.8, 4) is 5.75 Å². The minimum absolute atomic E-state index is 0.260. The summed E-state index contributed by atoms with van der Waals surface area (Å²) in [6.07, 6.45) is 7.82. The summed E-state index contributed by atoms with van der Waals surface area (Å²) in [5.74, 6) is 1.60. The van der Waals surface area contributed by atoms with Gasteiger partial charge in [0.05, 0.1) is 7.11 Å². The van der Waals surface area contributed by atoms with E-state index in [1.165, 1.54) is 11.1 Å². The molecule has 3 aliphatic rings. The van der Waals surface area contributed by atoms with Crippen LogP contribution in [0.4, 0.5) is 0 Å². The Morgan fingerprint density at radius 3 is 2.47 bits per heavy atom. The van der Waals surface area contributed by atoms with Crippen LogP contribution in [0.2, 0.25) is 0 Å². The van der Waals surface area contributed by atoms with Gasteiger partial charge in [-0.05, 0) is 61.0 Å². The molecule has 0 radical (unpaired) electrons. The van der Waals surface area contributed by atoms with Crippen molar-refractivity contribution < 1.29 is 9.53 Å². The lowest BCUT2D eigenvalue weighted by Crippen LogP contribution is -2.49. The van der Waals surface area contributed by atoms with Gasteiger partial charge in [0.25, 0.3) is 0 Å². The third kappa shape index (κ3) is 5.37. The van der Waals surface area contributed by atoms with Crippen LogP contribution in [0.25, 0.3) is 6.08 Å². The summed E-state index contributed by atoms with van der Waals surface area (Å²) in [6.45, 7) is 7.77. The van der Waals surface area contributed by atoms with Gasteiger partial charge in [0.15, 0.2) is 0 Å². The van der Waals surface area contributed by atoms with Gasteiger partial charge in [-0.2, -0.15) is 0 Å². The van der Waals surface area contributed by atoms with Gasteiger partial charge in [-0.1, -0.05) is 54.6 Å². The normalized spacial score (nSPS) is 22.9. The van der Waals surface area contributed by atoms with E-state index in [2.05, 4.69) is 69.3 Å². The lowest BCUT2D eigenvalue weighted by Gasteiger charge is -2.36. The number of methoxy groups -OCH3 is 1. The number of benzene rings is 2. The van der Waals surface area contributed by atoms with E-state index in [4.69, 9.17) is 4.74 Å². The molecule has 0 N–H and O–H groups in total. The molecule has 2 saturated heterocycles. The van der Waals surface area contributed by atoms with Crippen LogP contribution in [0.5, 0.6) is 5.75 Å². The van der Waals surface area contributed by atoms with E-state index >= 15 is 0 Å². The van der Waals surface area contributed by atoms with Crippen molar-refractivity contribution in [2.75, 3.05) is 52.9 Å². The van der Waals surface area contributed by atoms with E-state index in [0.717, 1.165) is 77.4 Å². The number of hydrogen-bond donors (Lipinski definition) is 0. The molecule has 2 aromatic carbocycles. The maximum Gasteiger partial charge on any atom is 0.226 e. The molecule has 5 nitrogen and oxygen atoms in total. The smallest absolute Gasteiger partial charge is 0.226 e. The van der Waals surface area contributed by atoms with Crippen LogP contribution in [0.15, 0.2) is 60.7 Å². The van der Waals surface area contributed by atoms with Crippen LogP contribution in [0.1, 0.15) is 30.4 Å². The topological polar surface area (TPSA) is 36.0 Å². The third-order valence-corrected chi connectivity index (χ3v) is 8.04. The number of likely N-dealkylation sites (tertiary alicyclic amines) is 1. The molecule has 1 aliphatic carbocycles. The fourth-order valence-corrected chi connectivity index (χ4v) is 5.71. The molecule has 1 spiro atoms. The van der Waals surface area contributed by atoms with Crippen molar-refractivity contribution in [3.63, 3.8) is 0 Å². The summed E-state index contributed by atoms with van der Waals surface area (Å²) in [4.78, 5) is 20.4. The first-order chi connectivity index (χ1) is 16.6. The predicted molar refractivity (Wildman–Crippen MR) is 137 cm³/mol. The zero-order chi connectivity index (χ0) is 23.4. The maximum absolute atomic E-state index is 13.2. The molecule has 2 aromatic rings. The average Bonchev–Trinajstić information content (AvgIpc) is 3.59. The number of carbonyl (C=O) groups excluding carboxylic acids is 1. The maximum atomic E-state index is 13.2. The second kappa shape index (κ2) is 10.3. The molecule has 2 aliphatic heterocycles. The van der Waals surface area contributed by atoms with Gasteiger partial charge in [0.2, 0.25) is 5.91 Å². The number of nitrogens with zero attached hydrogens (tertiary/aromatic N) is 3. The van der Waals surface area contributed by atoms with Crippen LogP contribution < -0.4 is 4.74 Å². The number of hydrogen-bond acceptors (Lipinski definition) is 4. The lowest BCUT2D eigenvalue weighted by atomic mass is 9.90. The Bertz CT molecular complexity index is 989. The number of ether oxygens (including phenoxy) is 1. The van der Waals surface area contributed by atoms with Crippen molar-refractivity contribution >= 4 is 12.0 Å². The molecule has 0 unspecified atom stereocenters. The Morgan fingerprint density at radius 2 is 1.74 bits per heavy atom. The van der Waals surface area contributed by atoms with E-state index in [0.29, 0.717) is 5.91 Å². The first-order valence-electron chi connectivity index (χ1n) is 12.7. The quantitative estimate of drug-likeness (QED) is 0.623. The van der Waals surface area contributed by atoms with Gasteiger partial charge in [0.1, 0.15) is 5.75 Å². The first-order valence-corrected chi connectivity index (χ1v) is 12.7. The molecule has 3 fully saturated rings. The zero-order valence-electron chi connectivity index (χ0n) is 20.4. The number of piperazine rings is 1. The third-order valence-electron chi connectivity index (χ3n) is 8.04. The highest BCUT2D eigenvalue weighted by Gasteiger charge is 2.59. The zero-order valence-corrected chi connectivity index (χ0v) is 20.4. The fourth-order valence-electron chi connectivity index (χ4n) is 5.71. The van der Waals surface area contributed by atoms with Crippen molar-refractivity contribution in [2.24, 2.45) is 11.3 Å². The summed E-state index contributed by atoms with van der Waals surface area (Å²) in [6, 6.07) is 18.8. The molecule has 5 rings (SSSR count). The fraction of sp³-hybridized carbons (Fsp3) is 0.483. The van der Waals surface area contributed by atoms with Crippen molar-refractivity contribution in [2.45, 2.75) is 25.8 Å². The van der Waals surface area contributed by atoms with Crippen LogP contribution in [0.3, 0.4) is 0 Å². The summed E-state index contributed by atoms with van der Waals surface area (Å²) < 4.78 is 5.36. The Hall–Kier alpha value is -2.63. The summed E-state index contributed by atoms with van der Waals surface area (Å²) in [7, 11) is 1.72. The highest BCUT2D eigenvalue weighted by Crippen LogP contribution is 2.60. The number of carbonyl (C=O) groups is 1.